The lowest BCUT2D eigenvalue weighted by Crippen LogP contribution is -2.34. The normalized spacial score (nSPS) is 19.5. The molecule has 0 saturated carbocycles. The molecule has 1 fully saturated rings. The van der Waals surface area contributed by atoms with Crippen LogP contribution in [-0.2, 0) is 0 Å². The minimum Gasteiger partial charge on any atom is -0.315 e. The van der Waals surface area contributed by atoms with E-state index < -0.39 is 0 Å². The van der Waals surface area contributed by atoms with Crippen LogP contribution in [0.5, 0.6) is 0 Å². The molecule has 2 N–H and O–H groups in total. The van der Waals surface area contributed by atoms with Crippen LogP contribution < -0.4 is 10.6 Å². The van der Waals surface area contributed by atoms with Gasteiger partial charge in [0.15, 0.2) is 0 Å². The maximum Gasteiger partial charge on any atom is 0.0107 e. The van der Waals surface area contributed by atoms with Gasteiger partial charge in [-0.05, 0) is 32.5 Å². The molecule has 0 amide bonds. The van der Waals surface area contributed by atoms with Gasteiger partial charge in [0.1, 0.15) is 0 Å². The average molecular weight is 199 g/mol. The summed E-state index contributed by atoms with van der Waals surface area (Å²) in [4.78, 5) is 2.55. The molecule has 1 saturated heterocycles. The molecule has 1 rings (SSSR count). The molecule has 0 aromatic heterocycles. The van der Waals surface area contributed by atoms with Crippen LogP contribution in [0.3, 0.4) is 0 Å². The van der Waals surface area contributed by atoms with Gasteiger partial charge in [0.25, 0.3) is 0 Å². The minimum absolute atomic E-state index is 1.15. The Balaban J connectivity index is 1.93. The molecule has 0 unspecified atom stereocenters. The Hall–Kier alpha value is -0.120. The van der Waals surface area contributed by atoms with Crippen LogP contribution in [0.1, 0.15) is 26.2 Å². The summed E-state index contributed by atoms with van der Waals surface area (Å²) in [5.74, 6) is 0. The number of hydrogen-bond donors (Lipinski definition) is 2. The van der Waals surface area contributed by atoms with E-state index in [9.17, 15) is 0 Å². The van der Waals surface area contributed by atoms with Gasteiger partial charge in [-0.25, -0.2) is 0 Å². The molecule has 0 aliphatic carbocycles. The molecule has 1 aliphatic heterocycles. The van der Waals surface area contributed by atoms with Gasteiger partial charge in [-0.3, -0.25) is 0 Å². The maximum absolute atomic E-state index is 3.49. The second-order valence-corrected chi connectivity index (χ2v) is 4.05. The van der Waals surface area contributed by atoms with Crippen LogP contribution in [0, 0.1) is 0 Å². The molecule has 0 bridgehead atoms. The first-order chi connectivity index (χ1) is 6.93. The number of rotatable bonds is 6. The van der Waals surface area contributed by atoms with Gasteiger partial charge < -0.3 is 15.5 Å². The molecule has 0 radical (unpaired) electrons. The van der Waals surface area contributed by atoms with Crippen molar-refractivity contribution in [3.63, 3.8) is 0 Å². The Morgan fingerprint density at radius 3 is 3.00 bits per heavy atom. The van der Waals surface area contributed by atoms with E-state index in [0.717, 1.165) is 13.1 Å². The summed E-state index contributed by atoms with van der Waals surface area (Å²) in [5.41, 5.74) is 0. The predicted octanol–water partition coefficient (Wildman–Crippen LogP) is 0.671. The van der Waals surface area contributed by atoms with Crippen molar-refractivity contribution in [2.24, 2.45) is 0 Å². The smallest absolute Gasteiger partial charge is 0.0107 e. The van der Waals surface area contributed by atoms with Gasteiger partial charge in [0, 0.05) is 26.2 Å². The van der Waals surface area contributed by atoms with E-state index in [0.29, 0.717) is 0 Å². The highest BCUT2D eigenvalue weighted by molar-refractivity contribution is 4.66. The molecule has 0 aromatic carbocycles. The van der Waals surface area contributed by atoms with Crippen LogP contribution in [0.15, 0.2) is 0 Å². The van der Waals surface area contributed by atoms with Gasteiger partial charge in [0.05, 0.1) is 0 Å². The summed E-state index contributed by atoms with van der Waals surface area (Å²) in [7, 11) is 0. The number of unbranched alkanes of at least 4 members (excludes halogenated alkanes) is 1. The summed E-state index contributed by atoms with van der Waals surface area (Å²) < 4.78 is 0. The van der Waals surface area contributed by atoms with Gasteiger partial charge in [-0.15, -0.1) is 0 Å². The first-order valence-corrected chi connectivity index (χ1v) is 6.07. The monoisotopic (exact) mass is 199 g/mol. The van der Waals surface area contributed by atoms with E-state index in [1.54, 1.807) is 0 Å². The lowest BCUT2D eigenvalue weighted by molar-refractivity contribution is 0.291. The van der Waals surface area contributed by atoms with Crippen LogP contribution in [0.25, 0.3) is 0 Å². The zero-order valence-electron chi connectivity index (χ0n) is 9.52. The first kappa shape index (κ1) is 12.0. The molecule has 3 nitrogen and oxygen atoms in total. The molecular formula is C11H25N3. The number of nitrogens with one attached hydrogen (secondary N) is 2. The number of nitrogens with zero attached hydrogens (tertiary/aromatic N) is 1. The fourth-order valence-electron chi connectivity index (χ4n) is 1.79. The summed E-state index contributed by atoms with van der Waals surface area (Å²) in [6.07, 6.45) is 3.90. The Morgan fingerprint density at radius 2 is 2.14 bits per heavy atom. The zero-order chi connectivity index (χ0) is 10.1. The average Bonchev–Trinajstić information content (AvgIpc) is 2.46. The van der Waals surface area contributed by atoms with Crippen molar-refractivity contribution in [1.82, 2.24) is 15.5 Å². The largest absolute Gasteiger partial charge is 0.315 e. The molecular weight excluding hydrogens is 174 g/mol. The summed E-state index contributed by atoms with van der Waals surface area (Å²) >= 11 is 0. The highest BCUT2D eigenvalue weighted by Crippen LogP contribution is 1.93. The molecule has 0 spiro atoms. The Morgan fingerprint density at radius 1 is 1.21 bits per heavy atom. The van der Waals surface area contributed by atoms with Gasteiger partial charge in [-0.1, -0.05) is 13.3 Å². The van der Waals surface area contributed by atoms with Crippen LogP contribution in [0.2, 0.25) is 0 Å². The van der Waals surface area contributed by atoms with E-state index in [1.165, 1.54) is 52.0 Å². The second-order valence-electron chi connectivity index (χ2n) is 4.05. The zero-order valence-corrected chi connectivity index (χ0v) is 9.52. The predicted molar refractivity (Wildman–Crippen MR) is 61.7 cm³/mol. The lowest BCUT2D eigenvalue weighted by atomic mass is 10.3. The molecule has 1 aliphatic rings. The SMILES string of the molecule is CCCCNCCN1CCCNCC1. The molecule has 14 heavy (non-hydrogen) atoms. The van der Waals surface area contributed by atoms with Crippen molar-refractivity contribution < 1.29 is 0 Å². The van der Waals surface area contributed by atoms with Crippen molar-refractivity contribution in [3.8, 4) is 0 Å². The highest BCUT2D eigenvalue weighted by atomic mass is 15.2. The fraction of sp³-hybridized carbons (Fsp3) is 1.00. The summed E-state index contributed by atoms with van der Waals surface area (Å²) in [5, 5.41) is 6.92. The van der Waals surface area contributed by atoms with Crippen molar-refractivity contribution in [1.29, 1.82) is 0 Å². The van der Waals surface area contributed by atoms with Gasteiger partial charge in [-0.2, -0.15) is 0 Å². The van der Waals surface area contributed by atoms with Crippen LogP contribution in [-0.4, -0.2) is 50.7 Å². The van der Waals surface area contributed by atoms with E-state index in [4.69, 9.17) is 0 Å². The van der Waals surface area contributed by atoms with Crippen LogP contribution >= 0.6 is 0 Å². The van der Waals surface area contributed by atoms with Crippen molar-refractivity contribution in [3.05, 3.63) is 0 Å². The second kappa shape index (κ2) is 8.21. The van der Waals surface area contributed by atoms with Gasteiger partial charge >= 0.3 is 0 Å². The third-order valence-electron chi connectivity index (χ3n) is 2.74. The molecule has 1 heterocycles. The van der Waals surface area contributed by atoms with Gasteiger partial charge in [0.2, 0.25) is 0 Å². The summed E-state index contributed by atoms with van der Waals surface area (Å²) in [6, 6.07) is 0. The van der Waals surface area contributed by atoms with E-state index >= 15 is 0 Å². The molecule has 3 heteroatoms. The molecule has 84 valence electrons. The Kier molecular flexibility index (Phi) is 7.01. The third-order valence-corrected chi connectivity index (χ3v) is 2.74. The maximum atomic E-state index is 3.49. The van der Waals surface area contributed by atoms with E-state index in [-0.39, 0.29) is 0 Å². The van der Waals surface area contributed by atoms with E-state index in [1.807, 2.05) is 0 Å². The minimum atomic E-state index is 1.15. The van der Waals surface area contributed by atoms with Crippen molar-refractivity contribution in [2.75, 3.05) is 45.8 Å². The molecule has 0 atom stereocenters. The topological polar surface area (TPSA) is 27.3 Å². The van der Waals surface area contributed by atoms with E-state index in [2.05, 4.69) is 22.5 Å². The molecule has 0 aromatic rings. The standard InChI is InChI=1S/C11H25N3/c1-2-3-5-12-7-10-14-9-4-6-13-8-11-14/h12-13H,2-11H2,1H3. The highest BCUT2D eigenvalue weighted by Gasteiger charge is 2.06. The van der Waals surface area contributed by atoms with Crippen molar-refractivity contribution in [2.45, 2.75) is 26.2 Å². The Bertz CT molecular complexity index is 120. The van der Waals surface area contributed by atoms with Crippen LogP contribution in [0.4, 0.5) is 0 Å². The third kappa shape index (κ3) is 5.58. The lowest BCUT2D eigenvalue weighted by Gasteiger charge is -2.19. The Labute approximate surface area is 88.2 Å². The number of hydrogen-bond acceptors (Lipinski definition) is 3. The van der Waals surface area contributed by atoms with Crippen molar-refractivity contribution >= 4 is 0 Å². The quantitative estimate of drug-likeness (QED) is 0.616. The first-order valence-electron chi connectivity index (χ1n) is 6.07. The fourth-order valence-corrected chi connectivity index (χ4v) is 1.79. The summed E-state index contributed by atoms with van der Waals surface area (Å²) in [6.45, 7) is 10.6.